The molecule has 2 heterocycles. The van der Waals surface area contributed by atoms with E-state index in [0.29, 0.717) is 36.6 Å². The molecule has 1 aromatic carbocycles. The van der Waals surface area contributed by atoms with Gasteiger partial charge in [0.2, 0.25) is 11.8 Å². The van der Waals surface area contributed by atoms with Crippen LogP contribution in [-0.4, -0.2) is 23.0 Å². The maximum atomic E-state index is 13.2. The monoisotopic (exact) mass is 383 g/mol. The van der Waals surface area contributed by atoms with Gasteiger partial charge < -0.3 is 19.8 Å². The van der Waals surface area contributed by atoms with Crippen LogP contribution in [0.2, 0.25) is 0 Å². The van der Waals surface area contributed by atoms with E-state index >= 15 is 0 Å². The molecule has 3 aromatic rings. The lowest BCUT2D eigenvalue weighted by atomic mass is 10.3. The Morgan fingerprint density at radius 3 is 2.64 bits per heavy atom. The van der Waals surface area contributed by atoms with Gasteiger partial charge in [-0.05, 0) is 31.5 Å². The van der Waals surface area contributed by atoms with Crippen LogP contribution in [0, 0.1) is 19.7 Å². The molecule has 0 saturated heterocycles. The van der Waals surface area contributed by atoms with Crippen molar-refractivity contribution < 1.29 is 13.5 Å². The number of aryl methyl sites for hydroxylation is 2. The number of hydrogen-bond donors (Lipinski definition) is 2. The number of pyridine rings is 1. The van der Waals surface area contributed by atoms with Crippen LogP contribution in [0.4, 0.5) is 4.39 Å². The average Bonchev–Trinajstić information content (AvgIpc) is 3.01. The number of benzene rings is 1. The Hall–Kier alpha value is -3.42. The Bertz CT molecular complexity index is 934. The zero-order chi connectivity index (χ0) is 19.9. The van der Waals surface area contributed by atoms with Gasteiger partial charge in [0.1, 0.15) is 17.3 Å². The largest absolute Gasteiger partial charge is 0.444 e. The zero-order valence-corrected chi connectivity index (χ0v) is 16.0. The summed E-state index contributed by atoms with van der Waals surface area (Å²) in [7, 11) is 1.69. The highest BCUT2D eigenvalue weighted by atomic mass is 19.1. The Kier molecular flexibility index (Phi) is 6.21. The normalized spacial score (nSPS) is 11.4. The van der Waals surface area contributed by atoms with Gasteiger partial charge in [0.25, 0.3) is 0 Å². The fourth-order valence-electron chi connectivity index (χ4n) is 2.41. The number of guanidine groups is 1. The van der Waals surface area contributed by atoms with Crippen molar-refractivity contribution in [2.75, 3.05) is 7.05 Å². The van der Waals surface area contributed by atoms with E-state index in [4.69, 9.17) is 9.15 Å². The summed E-state index contributed by atoms with van der Waals surface area (Å²) in [5.41, 5.74) is 1.82. The summed E-state index contributed by atoms with van der Waals surface area (Å²) in [5.74, 6) is 2.48. The highest BCUT2D eigenvalue weighted by molar-refractivity contribution is 5.79. The molecule has 8 heteroatoms. The van der Waals surface area contributed by atoms with Crippen LogP contribution in [0.25, 0.3) is 0 Å². The fourth-order valence-corrected chi connectivity index (χ4v) is 2.41. The summed E-state index contributed by atoms with van der Waals surface area (Å²) >= 11 is 0. The van der Waals surface area contributed by atoms with Crippen molar-refractivity contribution in [1.29, 1.82) is 0 Å². The minimum atomic E-state index is -0.354. The fraction of sp³-hybridized carbons (Fsp3) is 0.250. The van der Waals surface area contributed by atoms with Crippen LogP contribution in [0.15, 0.2) is 52.0 Å². The van der Waals surface area contributed by atoms with Gasteiger partial charge in [-0.3, -0.25) is 4.99 Å². The minimum Gasteiger partial charge on any atom is -0.444 e. The third-order valence-electron chi connectivity index (χ3n) is 3.98. The maximum absolute atomic E-state index is 13.2. The molecular formula is C20H22FN5O2. The number of nitrogens with one attached hydrogen (secondary N) is 2. The van der Waals surface area contributed by atoms with Crippen molar-refractivity contribution in [1.82, 2.24) is 20.6 Å². The van der Waals surface area contributed by atoms with Gasteiger partial charge in [-0.2, -0.15) is 0 Å². The molecule has 3 rings (SSSR count). The van der Waals surface area contributed by atoms with Crippen molar-refractivity contribution in [3.8, 4) is 11.6 Å². The standard InChI is InChI=1S/C20H22FN5O2/c1-13-14(2)27-19(26-13)12-25-20(22-3)24-11-15-7-8-18(23-10-15)28-17-6-4-5-16(21)9-17/h4-10H,11-12H2,1-3H3,(H2,22,24,25). The summed E-state index contributed by atoms with van der Waals surface area (Å²) in [4.78, 5) is 12.7. The van der Waals surface area contributed by atoms with Crippen molar-refractivity contribution >= 4 is 5.96 Å². The average molecular weight is 383 g/mol. The first-order valence-electron chi connectivity index (χ1n) is 8.79. The highest BCUT2D eigenvalue weighted by Gasteiger charge is 2.07. The van der Waals surface area contributed by atoms with Gasteiger partial charge in [-0.15, -0.1) is 0 Å². The van der Waals surface area contributed by atoms with Crippen LogP contribution in [0.1, 0.15) is 22.9 Å². The molecular weight excluding hydrogens is 361 g/mol. The van der Waals surface area contributed by atoms with Crippen molar-refractivity contribution in [3.05, 3.63) is 71.3 Å². The lowest BCUT2D eigenvalue weighted by Crippen LogP contribution is -2.36. The predicted octanol–water partition coefficient (Wildman–Crippen LogP) is 3.48. The lowest BCUT2D eigenvalue weighted by Gasteiger charge is -2.11. The van der Waals surface area contributed by atoms with E-state index in [9.17, 15) is 4.39 Å². The Balaban J connectivity index is 1.50. The molecule has 0 bridgehead atoms. The van der Waals surface area contributed by atoms with E-state index in [2.05, 4.69) is 25.6 Å². The number of rotatable bonds is 6. The second kappa shape index (κ2) is 8.98. The molecule has 7 nitrogen and oxygen atoms in total. The second-order valence-corrected chi connectivity index (χ2v) is 6.09. The minimum absolute atomic E-state index is 0.354. The smallest absolute Gasteiger partial charge is 0.219 e. The van der Waals surface area contributed by atoms with Crippen LogP contribution in [-0.2, 0) is 13.1 Å². The molecule has 28 heavy (non-hydrogen) atoms. The molecule has 0 spiro atoms. The Morgan fingerprint density at radius 1 is 1.18 bits per heavy atom. The first-order chi connectivity index (χ1) is 13.5. The number of aliphatic imine (C=N–C) groups is 1. The number of hydrogen-bond acceptors (Lipinski definition) is 5. The van der Waals surface area contributed by atoms with Gasteiger partial charge in [-0.25, -0.2) is 14.4 Å². The van der Waals surface area contributed by atoms with Crippen LogP contribution >= 0.6 is 0 Å². The molecule has 146 valence electrons. The first kappa shape index (κ1) is 19.3. The van der Waals surface area contributed by atoms with E-state index < -0.39 is 0 Å². The topological polar surface area (TPSA) is 84.6 Å². The van der Waals surface area contributed by atoms with Crippen LogP contribution < -0.4 is 15.4 Å². The van der Waals surface area contributed by atoms with E-state index in [1.54, 1.807) is 31.4 Å². The molecule has 0 aliphatic heterocycles. The summed E-state index contributed by atoms with van der Waals surface area (Å²) in [6, 6.07) is 9.54. The van der Waals surface area contributed by atoms with E-state index in [1.165, 1.54) is 12.1 Å². The number of halogens is 1. The second-order valence-electron chi connectivity index (χ2n) is 6.09. The third-order valence-corrected chi connectivity index (χ3v) is 3.98. The summed E-state index contributed by atoms with van der Waals surface area (Å²) < 4.78 is 24.3. The van der Waals surface area contributed by atoms with Crippen molar-refractivity contribution in [3.63, 3.8) is 0 Å². The van der Waals surface area contributed by atoms with Crippen LogP contribution in [0.3, 0.4) is 0 Å². The molecule has 0 aliphatic carbocycles. The molecule has 0 atom stereocenters. The molecule has 0 radical (unpaired) electrons. The number of aromatic nitrogens is 2. The number of nitrogens with zero attached hydrogens (tertiary/aromatic N) is 3. The molecule has 2 aromatic heterocycles. The predicted molar refractivity (Wildman–Crippen MR) is 104 cm³/mol. The van der Waals surface area contributed by atoms with E-state index in [1.807, 2.05) is 19.9 Å². The van der Waals surface area contributed by atoms with Gasteiger partial charge in [-0.1, -0.05) is 12.1 Å². The van der Waals surface area contributed by atoms with E-state index in [0.717, 1.165) is 17.0 Å². The van der Waals surface area contributed by atoms with E-state index in [-0.39, 0.29) is 5.82 Å². The summed E-state index contributed by atoms with van der Waals surface area (Å²) in [6.07, 6.45) is 1.69. The summed E-state index contributed by atoms with van der Waals surface area (Å²) in [6.45, 7) is 4.75. The summed E-state index contributed by atoms with van der Waals surface area (Å²) in [5, 5.41) is 6.34. The molecule has 0 saturated carbocycles. The highest BCUT2D eigenvalue weighted by Crippen LogP contribution is 2.20. The Morgan fingerprint density at radius 2 is 2.00 bits per heavy atom. The number of oxazole rings is 1. The Labute approximate surface area is 162 Å². The SMILES string of the molecule is CN=C(NCc1ccc(Oc2cccc(F)c2)nc1)NCc1nc(C)c(C)o1. The zero-order valence-electron chi connectivity index (χ0n) is 16.0. The third kappa shape index (κ3) is 5.29. The van der Waals surface area contributed by atoms with Gasteiger partial charge in [0.05, 0.1) is 12.2 Å². The van der Waals surface area contributed by atoms with Gasteiger partial charge in [0, 0.05) is 31.9 Å². The maximum Gasteiger partial charge on any atom is 0.219 e. The molecule has 2 N–H and O–H groups in total. The van der Waals surface area contributed by atoms with Crippen molar-refractivity contribution in [2.24, 2.45) is 4.99 Å². The van der Waals surface area contributed by atoms with Crippen molar-refractivity contribution in [2.45, 2.75) is 26.9 Å². The first-order valence-corrected chi connectivity index (χ1v) is 8.79. The lowest BCUT2D eigenvalue weighted by molar-refractivity contribution is 0.457. The quantitative estimate of drug-likeness (QED) is 0.501. The van der Waals surface area contributed by atoms with Crippen LogP contribution in [0.5, 0.6) is 11.6 Å². The molecule has 0 fully saturated rings. The molecule has 0 unspecified atom stereocenters. The van der Waals surface area contributed by atoms with Gasteiger partial charge >= 0.3 is 0 Å². The molecule has 0 aliphatic rings. The number of ether oxygens (including phenoxy) is 1. The molecule has 0 amide bonds. The van der Waals surface area contributed by atoms with Gasteiger partial charge in [0.15, 0.2) is 5.96 Å².